The van der Waals surface area contributed by atoms with Crippen LogP contribution in [-0.2, 0) is 9.59 Å². The average Bonchev–Trinajstić information content (AvgIpc) is 3.59. The first kappa shape index (κ1) is 19.9. The molecule has 0 saturated heterocycles. The number of hydrogen-bond acceptors (Lipinski definition) is 7. The highest BCUT2D eigenvalue weighted by atomic mass is 16.6. The molecule has 0 spiro atoms. The minimum Gasteiger partial charge on any atom is -0.493 e. The lowest BCUT2D eigenvalue weighted by Crippen LogP contribution is -2.24. The van der Waals surface area contributed by atoms with Crippen LogP contribution in [0.3, 0.4) is 0 Å². The summed E-state index contributed by atoms with van der Waals surface area (Å²) in [6.45, 7) is -0.282. The molecule has 1 saturated carbocycles. The summed E-state index contributed by atoms with van der Waals surface area (Å²) in [5.74, 6) is 0.320. The Morgan fingerprint density at radius 1 is 1.21 bits per heavy atom. The van der Waals surface area contributed by atoms with Gasteiger partial charge in [-0.25, -0.2) is 5.43 Å². The molecule has 0 radical (unpaired) electrons. The van der Waals surface area contributed by atoms with Gasteiger partial charge in [0.1, 0.15) is 11.8 Å². The van der Waals surface area contributed by atoms with E-state index in [-0.39, 0.29) is 18.5 Å². The highest BCUT2D eigenvalue weighted by molar-refractivity contribution is 5.84. The van der Waals surface area contributed by atoms with Gasteiger partial charge in [0.05, 0.1) is 24.8 Å². The highest BCUT2D eigenvalue weighted by Gasteiger charge is 2.32. The molecule has 2 aromatic rings. The largest absolute Gasteiger partial charge is 0.493 e. The number of benzene rings is 2. The fraction of sp³-hybridized carbons (Fsp3) is 0.238. The third kappa shape index (κ3) is 5.56. The summed E-state index contributed by atoms with van der Waals surface area (Å²) >= 11 is 0. The van der Waals surface area contributed by atoms with Gasteiger partial charge in [0.2, 0.25) is 0 Å². The van der Waals surface area contributed by atoms with E-state index in [1.165, 1.54) is 13.3 Å². The number of para-hydroxylation sites is 1. The Morgan fingerprint density at radius 2 is 2.00 bits per heavy atom. The lowest BCUT2D eigenvalue weighted by atomic mass is 10.2. The Hall–Kier alpha value is -3.86. The molecule has 29 heavy (non-hydrogen) atoms. The number of nitrogens with zero attached hydrogens (tertiary/aromatic N) is 2. The van der Waals surface area contributed by atoms with E-state index < -0.39 is 5.91 Å². The molecule has 2 aromatic carbocycles. The number of rotatable bonds is 8. The molecule has 0 heterocycles. The number of amides is 1. The molecular formula is C21H19N3O5. The van der Waals surface area contributed by atoms with Gasteiger partial charge in [-0.15, -0.1) is 0 Å². The molecule has 1 amide bonds. The number of nitriles is 1. The van der Waals surface area contributed by atoms with E-state index in [1.807, 2.05) is 6.07 Å². The number of hydrazone groups is 1. The van der Waals surface area contributed by atoms with Crippen LogP contribution in [0.25, 0.3) is 0 Å². The maximum absolute atomic E-state index is 11.9. The molecule has 0 aromatic heterocycles. The molecule has 1 N–H and O–H groups in total. The van der Waals surface area contributed by atoms with Crippen LogP contribution in [0.15, 0.2) is 47.6 Å². The van der Waals surface area contributed by atoms with Crippen molar-refractivity contribution in [3.05, 3.63) is 53.6 Å². The van der Waals surface area contributed by atoms with Crippen molar-refractivity contribution >= 4 is 18.1 Å². The van der Waals surface area contributed by atoms with Crippen molar-refractivity contribution in [2.75, 3.05) is 13.7 Å². The monoisotopic (exact) mass is 393 g/mol. The normalized spacial score (nSPS) is 12.8. The van der Waals surface area contributed by atoms with Gasteiger partial charge in [-0.05, 0) is 48.7 Å². The molecule has 8 heteroatoms. The fourth-order valence-electron chi connectivity index (χ4n) is 2.40. The van der Waals surface area contributed by atoms with E-state index in [9.17, 15) is 9.59 Å². The van der Waals surface area contributed by atoms with Crippen molar-refractivity contribution < 1.29 is 23.8 Å². The molecule has 1 aliphatic rings. The minimum absolute atomic E-state index is 0.0153. The zero-order valence-corrected chi connectivity index (χ0v) is 15.8. The van der Waals surface area contributed by atoms with Crippen molar-refractivity contribution in [1.29, 1.82) is 5.26 Å². The van der Waals surface area contributed by atoms with Crippen molar-refractivity contribution in [3.63, 3.8) is 0 Å². The summed E-state index contributed by atoms with van der Waals surface area (Å²) < 4.78 is 15.9. The van der Waals surface area contributed by atoms with Crippen LogP contribution in [0.2, 0.25) is 0 Å². The molecule has 148 valence electrons. The van der Waals surface area contributed by atoms with Gasteiger partial charge >= 0.3 is 5.97 Å². The summed E-state index contributed by atoms with van der Waals surface area (Å²) in [5.41, 5.74) is 3.33. The minimum atomic E-state index is -0.476. The Kier molecular flexibility index (Phi) is 6.43. The number of carbonyl (C=O) groups is 2. The van der Waals surface area contributed by atoms with Gasteiger partial charge in [0.25, 0.3) is 5.91 Å². The Labute approximate surface area is 167 Å². The first-order valence-electron chi connectivity index (χ1n) is 8.94. The topological polar surface area (TPSA) is 110 Å². The second-order valence-corrected chi connectivity index (χ2v) is 6.30. The van der Waals surface area contributed by atoms with Gasteiger partial charge < -0.3 is 14.2 Å². The number of esters is 1. The fourth-order valence-corrected chi connectivity index (χ4v) is 2.40. The summed E-state index contributed by atoms with van der Waals surface area (Å²) in [6.07, 6.45) is 3.14. The SMILES string of the molecule is COc1cc(/C=N\NC(=O)COc2ccccc2C#N)ccc1OC(=O)C1CC1. The van der Waals surface area contributed by atoms with Gasteiger partial charge in [-0.2, -0.15) is 10.4 Å². The summed E-state index contributed by atoms with van der Waals surface area (Å²) in [5, 5.41) is 12.9. The molecule has 8 nitrogen and oxygen atoms in total. The van der Waals surface area contributed by atoms with Gasteiger partial charge in [0, 0.05) is 0 Å². The van der Waals surface area contributed by atoms with Crippen LogP contribution >= 0.6 is 0 Å². The van der Waals surface area contributed by atoms with E-state index in [0.29, 0.717) is 28.4 Å². The van der Waals surface area contributed by atoms with Crippen LogP contribution in [0.5, 0.6) is 17.2 Å². The zero-order valence-electron chi connectivity index (χ0n) is 15.8. The molecule has 3 rings (SSSR count). The summed E-state index contributed by atoms with van der Waals surface area (Å²) in [4.78, 5) is 23.7. The number of ether oxygens (including phenoxy) is 3. The lowest BCUT2D eigenvalue weighted by molar-refractivity contribution is -0.135. The van der Waals surface area contributed by atoms with Gasteiger partial charge in [0.15, 0.2) is 18.1 Å². The second-order valence-electron chi connectivity index (χ2n) is 6.30. The van der Waals surface area contributed by atoms with E-state index in [4.69, 9.17) is 19.5 Å². The standard InChI is InChI=1S/C21H19N3O5/c1-27-19-10-14(6-9-18(19)29-21(26)15-7-8-15)12-23-24-20(25)13-28-17-5-3-2-4-16(17)11-22/h2-6,9-10,12,15H,7-8,13H2,1H3,(H,24,25)/b23-12-. The molecule has 0 bridgehead atoms. The predicted molar refractivity (Wildman–Crippen MR) is 104 cm³/mol. The third-order valence-electron chi connectivity index (χ3n) is 4.08. The van der Waals surface area contributed by atoms with Crippen LogP contribution in [0.4, 0.5) is 0 Å². The van der Waals surface area contributed by atoms with Crippen LogP contribution < -0.4 is 19.6 Å². The first-order chi connectivity index (χ1) is 14.1. The van der Waals surface area contributed by atoms with Crippen molar-refractivity contribution in [1.82, 2.24) is 5.43 Å². The number of nitrogens with one attached hydrogen (secondary N) is 1. The maximum atomic E-state index is 11.9. The molecule has 0 unspecified atom stereocenters. The van der Waals surface area contributed by atoms with Crippen LogP contribution in [0.1, 0.15) is 24.0 Å². The first-order valence-corrected chi connectivity index (χ1v) is 8.94. The highest BCUT2D eigenvalue weighted by Crippen LogP contribution is 2.34. The van der Waals surface area contributed by atoms with Crippen molar-refractivity contribution in [3.8, 4) is 23.3 Å². The summed E-state index contributed by atoms with van der Waals surface area (Å²) in [6, 6.07) is 13.6. The van der Waals surface area contributed by atoms with Crippen LogP contribution in [-0.4, -0.2) is 31.8 Å². The maximum Gasteiger partial charge on any atom is 0.314 e. The molecule has 0 atom stereocenters. The van der Waals surface area contributed by atoms with Gasteiger partial charge in [-0.1, -0.05) is 12.1 Å². The van der Waals surface area contributed by atoms with Crippen LogP contribution in [0, 0.1) is 17.2 Å². The smallest absolute Gasteiger partial charge is 0.314 e. The molecule has 0 aliphatic heterocycles. The second kappa shape index (κ2) is 9.37. The van der Waals surface area contributed by atoms with Crippen molar-refractivity contribution in [2.24, 2.45) is 11.0 Å². The third-order valence-corrected chi connectivity index (χ3v) is 4.08. The Bertz CT molecular complexity index is 977. The van der Waals surface area contributed by atoms with E-state index >= 15 is 0 Å². The van der Waals surface area contributed by atoms with Crippen molar-refractivity contribution in [2.45, 2.75) is 12.8 Å². The average molecular weight is 393 g/mol. The number of hydrogen-bond donors (Lipinski definition) is 1. The van der Waals surface area contributed by atoms with Gasteiger partial charge in [-0.3, -0.25) is 9.59 Å². The number of carbonyl (C=O) groups excluding carboxylic acids is 2. The van der Waals surface area contributed by atoms with E-state index in [1.54, 1.807) is 42.5 Å². The quantitative estimate of drug-likeness (QED) is 0.319. The molecular weight excluding hydrogens is 374 g/mol. The summed E-state index contributed by atoms with van der Waals surface area (Å²) in [7, 11) is 1.48. The zero-order chi connectivity index (χ0) is 20.6. The predicted octanol–water partition coefficient (Wildman–Crippen LogP) is 2.41. The van der Waals surface area contributed by atoms with E-state index in [2.05, 4.69) is 10.5 Å². The molecule has 1 aliphatic carbocycles. The Morgan fingerprint density at radius 3 is 2.72 bits per heavy atom. The Balaban J connectivity index is 1.53. The number of methoxy groups -OCH3 is 1. The van der Waals surface area contributed by atoms with E-state index in [0.717, 1.165) is 12.8 Å². The lowest BCUT2D eigenvalue weighted by Gasteiger charge is -2.09. The molecule has 1 fully saturated rings.